The van der Waals surface area contributed by atoms with Crippen molar-refractivity contribution < 1.29 is 14.0 Å². The number of nitrogens with one attached hydrogen (secondary N) is 2. The summed E-state index contributed by atoms with van der Waals surface area (Å²) in [6.45, 7) is 6.51. The van der Waals surface area contributed by atoms with Gasteiger partial charge in [-0.3, -0.25) is 14.3 Å². The summed E-state index contributed by atoms with van der Waals surface area (Å²) in [5.74, 6) is 0.394. The van der Waals surface area contributed by atoms with Crippen LogP contribution in [0.15, 0.2) is 46.9 Å². The van der Waals surface area contributed by atoms with Crippen molar-refractivity contribution in [3.8, 4) is 11.3 Å². The molecule has 28 heavy (non-hydrogen) atoms. The average Bonchev–Trinajstić information content (AvgIpc) is 3.28. The Morgan fingerprint density at radius 3 is 2.43 bits per heavy atom. The van der Waals surface area contributed by atoms with Crippen molar-refractivity contribution in [2.45, 2.75) is 33.4 Å². The Bertz CT molecular complexity index is 986. The number of rotatable bonds is 6. The quantitative estimate of drug-likeness (QED) is 0.688. The third-order valence-corrected chi connectivity index (χ3v) is 4.42. The maximum absolute atomic E-state index is 12.5. The molecular formula is C21H24N4O3. The molecule has 0 radical (unpaired) electrons. The maximum atomic E-state index is 12.5. The predicted octanol–water partition coefficient (Wildman–Crippen LogP) is 2.94. The molecule has 0 aliphatic rings. The lowest BCUT2D eigenvalue weighted by Gasteiger charge is -2.15. The van der Waals surface area contributed by atoms with E-state index in [1.54, 1.807) is 43.4 Å². The molecule has 3 aromatic rings. The largest absolute Gasteiger partial charge is 0.451 e. The van der Waals surface area contributed by atoms with Gasteiger partial charge in [0, 0.05) is 29.9 Å². The Kier molecular flexibility index (Phi) is 5.63. The zero-order valence-corrected chi connectivity index (χ0v) is 16.4. The van der Waals surface area contributed by atoms with Crippen LogP contribution in [0.25, 0.3) is 11.3 Å². The van der Waals surface area contributed by atoms with Crippen LogP contribution in [0.2, 0.25) is 0 Å². The van der Waals surface area contributed by atoms with E-state index in [0.717, 1.165) is 17.0 Å². The molecule has 0 aliphatic heterocycles. The standard InChI is InChI=1S/C21H24N4O3/c1-13-11-15(3)25(24-13)12-14(2)23-20(26)17-7-5-16(6-8-17)18-9-10-19(28-18)21(27)22-4/h5-11,14H,12H2,1-4H3,(H,22,27)(H,23,26)/t14-/m1/s1. The van der Waals surface area contributed by atoms with Crippen molar-refractivity contribution >= 4 is 11.8 Å². The van der Waals surface area contributed by atoms with Gasteiger partial charge < -0.3 is 15.1 Å². The molecule has 2 N–H and O–H groups in total. The van der Waals surface area contributed by atoms with Gasteiger partial charge in [0.1, 0.15) is 5.76 Å². The molecular weight excluding hydrogens is 356 g/mol. The minimum Gasteiger partial charge on any atom is -0.451 e. The molecule has 0 saturated carbocycles. The molecule has 3 rings (SSSR count). The summed E-state index contributed by atoms with van der Waals surface area (Å²) < 4.78 is 7.44. The Morgan fingerprint density at radius 2 is 1.82 bits per heavy atom. The van der Waals surface area contributed by atoms with E-state index >= 15 is 0 Å². The Labute approximate surface area is 163 Å². The van der Waals surface area contributed by atoms with Crippen LogP contribution >= 0.6 is 0 Å². The minimum absolute atomic E-state index is 0.0645. The van der Waals surface area contributed by atoms with Crippen molar-refractivity contribution in [2.24, 2.45) is 0 Å². The lowest BCUT2D eigenvalue weighted by atomic mass is 10.1. The highest BCUT2D eigenvalue weighted by molar-refractivity contribution is 5.95. The van der Waals surface area contributed by atoms with E-state index in [1.807, 2.05) is 31.5 Å². The van der Waals surface area contributed by atoms with Crippen molar-refractivity contribution in [1.29, 1.82) is 0 Å². The zero-order chi connectivity index (χ0) is 20.3. The third kappa shape index (κ3) is 4.31. The van der Waals surface area contributed by atoms with Gasteiger partial charge in [-0.2, -0.15) is 5.10 Å². The van der Waals surface area contributed by atoms with Gasteiger partial charge in [-0.25, -0.2) is 0 Å². The first-order valence-electron chi connectivity index (χ1n) is 9.11. The third-order valence-electron chi connectivity index (χ3n) is 4.42. The molecule has 0 saturated heterocycles. The molecule has 0 spiro atoms. The van der Waals surface area contributed by atoms with E-state index in [9.17, 15) is 9.59 Å². The monoisotopic (exact) mass is 380 g/mol. The summed E-state index contributed by atoms with van der Waals surface area (Å²) in [4.78, 5) is 24.1. The molecule has 2 aromatic heterocycles. The number of hydrogen-bond donors (Lipinski definition) is 2. The molecule has 2 amide bonds. The van der Waals surface area contributed by atoms with Crippen LogP contribution in [0, 0.1) is 13.8 Å². The average molecular weight is 380 g/mol. The summed E-state index contributed by atoms with van der Waals surface area (Å²) in [7, 11) is 1.55. The lowest BCUT2D eigenvalue weighted by Crippen LogP contribution is -2.36. The fraction of sp³-hybridized carbons (Fsp3) is 0.286. The maximum Gasteiger partial charge on any atom is 0.286 e. The van der Waals surface area contributed by atoms with Gasteiger partial charge >= 0.3 is 0 Å². The number of nitrogens with zero attached hydrogens (tertiary/aromatic N) is 2. The van der Waals surface area contributed by atoms with Crippen LogP contribution in [-0.2, 0) is 6.54 Å². The number of hydrogen-bond acceptors (Lipinski definition) is 4. The van der Waals surface area contributed by atoms with Crippen molar-refractivity contribution in [1.82, 2.24) is 20.4 Å². The first-order valence-corrected chi connectivity index (χ1v) is 9.11. The summed E-state index contributed by atoms with van der Waals surface area (Å²) in [5.41, 5.74) is 3.38. The molecule has 2 heterocycles. The van der Waals surface area contributed by atoms with Crippen molar-refractivity contribution in [3.63, 3.8) is 0 Å². The molecule has 1 aromatic carbocycles. The number of carbonyl (C=O) groups excluding carboxylic acids is 2. The first-order chi connectivity index (χ1) is 13.4. The fourth-order valence-corrected chi connectivity index (χ4v) is 3.00. The minimum atomic E-state index is -0.279. The summed E-state index contributed by atoms with van der Waals surface area (Å²) in [5, 5.41) is 9.93. The van der Waals surface area contributed by atoms with Crippen LogP contribution in [-0.4, -0.2) is 34.7 Å². The Morgan fingerprint density at radius 1 is 1.11 bits per heavy atom. The zero-order valence-electron chi connectivity index (χ0n) is 16.4. The van der Waals surface area contributed by atoms with Crippen LogP contribution in [0.5, 0.6) is 0 Å². The Balaban J connectivity index is 1.64. The van der Waals surface area contributed by atoms with Gasteiger partial charge in [-0.15, -0.1) is 0 Å². The van der Waals surface area contributed by atoms with Gasteiger partial charge in [-0.1, -0.05) is 12.1 Å². The highest BCUT2D eigenvalue weighted by atomic mass is 16.3. The molecule has 0 bridgehead atoms. The molecule has 0 unspecified atom stereocenters. The second-order valence-corrected chi connectivity index (χ2v) is 6.80. The van der Waals surface area contributed by atoms with Crippen LogP contribution in [0.4, 0.5) is 0 Å². The summed E-state index contributed by atoms with van der Waals surface area (Å²) in [6, 6.07) is 12.4. The van der Waals surface area contributed by atoms with Gasteiger partial charge in [0.15, 0.2) is 5.76 Å². The summed E-state index contributed by atoms with van der Waals surface area (Å²) >= 11 is 0. The lowest BCUT2D eigenvalue weighted by molar-refractivity contribution is 0.0928. The first kappa shape index (κ1) is 19.4. The predicted molar refractivity (Wildman–Crippen MR) is 106 cm³/mol. The SMILES string of the molecule is CNC(=O)c1ccc(-c2ccc(C(=O)N[C@H](C)Cn3nc(C)cc3C)cc2)o1. The van der Waals surface area contributed by atoms with E-state index in [2.05, 4.69) is 15.7 Å². The molecule has 146 valence electrons. The number of benzene rings is 1. The Hall–Kier alpha value is -3.35. The van der Waals surface area contributed by atoms with E-state index < -0.39 is 0 Å². The normalized spacial score (nSPS) is 11.9. The van der Waals surface area contributed by atoms with Gasteiger partial charge in [-0.05, 0) is 51.1 Å². The van der Waals surface area contributed by atoms with Crippen LogP contribution < -0.4 is 10.6 Å². The molecule has 0 fully saturated rings. The van der Waals surface area contributed by atoms with Gasteiger partial charge in [0.05, 0.1) is 12.2 Å². The van der Waals surface area contributed by atoms with Crippen LogP contribution in [0.1, 0.15) is 39.2 Å². The topological polar surface area (TPSA) is 89.2 Å². The number of aryl methyl sites for hydroxylation is 2. The van der Waals surface area contributed by atoms with Crippen molar-refractivity contribution in [3.05, 3.63) is 65.2 Å². The highest BCUT2D eigenvalue weighted by Crippen LogP contribution is 2.22. The smallest absolute Gasteiger partial charge is 0.286 e. The fourth-order valence-electron chi connectivity index (χ4n) is 3.00. The van der Waals surface area contributed by atoms with E-state index in [4.69, 9.17) is 4.42 Å². The number of aromatic nitrogens is 2. The van der Waals surface area contributed by atoms with Gasteiger partial charge in [0.2, 0.25) is 0 Å². The number of carbonyl (C=O) groups is 2. The summed E-state index contributed by atoms with van der Waals surface area (Å²) in [6.07, 6.45) is 0. The van der Waals surface area contributed by atoms with E-state index in [0.29, 0.717) is 17.9 Å². The molecule has 7 heteroatoms. The van der Waals surface area contributed by atoms with Crippen LogP contribution in [0.3, 0.4) is 0 Å². The second-order valence-electron chi connectivity index (χ2n) is 6.80. The second kappa shape index (κ2) is 8.12. The van der Waals surface area contributed by atoms with E-state index in [1.165, 1.54) is 0 Å². The number of furan rings is 1. The highest BCUT2D eigenvalue weighted by Gasteiger charge is 2.14. The van der Waals surface area contributed by atoms with Gasteiger partial charge in [0.25, 0.3) is 11.8 Å². The van der Waals surface area contributed by atoms with E-state index in [-0.39, 0.29) is 23.6 Å². The number of amides is 2. The van der Waals surface area contributed by atoms with Crippen molar-refractivity contribution in [2.75, 3.05) is 7.05 Å². The molecule has 1 atom stereocenters. The molecule has 0 aliphatic carbocycles. The molecule has 7 nitrogen and oxygen atoms in total.